The van der Waals surface area contributed by atoms with Gasteiger partial charge in [-0.05, 0) is 48.9 Å². The molecule has 1 aliphatic rings. The quantitative estimate of drug-likeness (QED) is 0.653. The maximum Gasteiger partial charge on any atom is 0.226 e. The first-order chi connectivity index (χ1) is 13.1. The number of hydrogen-bond donors (Lipinski definition) is 2. The third-order valence-electron chi connectivity index (χ3n) is 4.58. The second-order valence-electron chi connectivity index (χ2n) is 6.30. The van der Waals surface area contributed by atoms with E-state index in [1.165, 1.54) is 0 Å². The Labute approximate surface area is 164 Å². The molecule has 2 aromatic carbocycles. The van der Waals surface area contributed by atoms with Crippen LogP contribution in [0.1, 0.15) is 30.4 Å². The van der Waals surface area contributed by atoms with Crippen molar-refractivity contribution in [3.63, 3.8) is 0 Å². The van der Waals surface area contributed by atoms with E-state index in [9.17, 15) is 9.90 Å². The minimum absolute atomic E-state index is 0.0719. The number of carbonyl (C=O) groups is 1. The highest BCUT2D eigenvalue weighted by atomic mass is 79.9. The van der Waals surface area contributed by atoms with Gasteiger partial charge in [-0.1, -0.05) is 22.0 Å². The van der Waals surface area contributed by atoms with Crippen LogP contribution in [0.2, 0.25) is 0 Å². The number of phenolic OH excluding ortho intramolecular Hbond substituents is 1. The van der Waals surface area contributed by atoms with E-state index < -0.39 is 0 Å². The standard InChI is InChI=1S/C20H18BrN3O3/c1-2-27-18-9-12(3-8-17(18)25)15-10-19(26)23-20-16(15)11-22-24(20)14-6-4-13(21)5-7-14/h3-9,11,15,25H,2,10H2,1H3,(H,23,26)/t15-/m0/s1. The van der Waals surface area contributed by atoms with E-state index in [1.54, 1.807) is 23.0 Å². The van der Waals surface area contributed by atoms with Crippen molar-refractivity contribution < 1.29 is 14.6 Å². The van der Waals surface area contributed by atoms with Crippen LogP contribution in [0.4, 0.5) is 5.82 Å². The molecular formula is C20H18BrN3O3. The van der Waals surface area contributed by atoms with E-state index in [0.29, 0.717) is 24.6 Å². The Morgan fingerprint density at radius 2 is 2.07 bits per heavy atom. The monoisotopic (exact) mass is 427 g/mol. The van der Waals surface area contributed by atoms with Gasteiger partial charge in [0.15, 0.2) is 11.5 Å². The van der Waals surface area contributed by atoms with Gasteiger partial charge in [-0.15, -0.1) is 0 Å². The molecule has 3 aromatic rings. The molecule has 7 heteroatoms. The summed E-state index contributed by atoms with van der Waals surface area (Å²) in [7, 11) is 0. The van der Waals surface area contributed by atoms with Crippen LogP contribution in [0.3, 0.4) is 0 Å². The van der Waals surface area contributed by atoms with Gasteiger partial charge in [-0.2, -0.15) is 5.10 Å². The van der Waals surface area contributed by atoms with Crippen LogP contribution in [0, 0.1) is 0 Å². The average molecular weight is 428 g/mol. The molecular weight excluding hydrogens is 410 g/mol. The Kier molecular flexibility index (Phi) is 4.61. The summed E-state index contributed by atoms with van der Waals surface area (Å²) < 4.78 is 8.20. The van der Waals surface area contributed by atoms with Gasteiger partial charge in [-0.3, -0.25) is 4.79 Å². The second kappa shape index (κ2) is 7.08. The molecule has 0 saturated heterocycles. The summed E-state index contributed by atoms with van der Waals surface area (Å²) in [5.74, 6) is 0.953. The van der Waals surface area contributed by atoms with Gasteiger partial charge in [0, 0.05) is 22.4 Å². The Hall–Kier alpha value is -2.80. The average Bonchev–Trinajstić information content (AvgIpc) is 3.07. The summed E-state index contributed by atoms with van der Waals surface area (Å²) >= 11 is 3.43. The molecule has 2 heterocycles. The Morgan fingerprint density at radius 3 is 2.81 bits per heavy atom. The molecule has 0 bridgehead atoms. The Balaban J connectivity index is 1.77. The van der Waals surface area contributed by atoms with Crippen molar-refractivity contribution in [1.82, 2.24) is 9.78 Å². The molecule has 1 amide bonds. The first-order valence-electron chi connectivity index (χ1n) is 8.66. The minimum atomic E-state index is -0.155. The highest BCUT2D eigenvalue weighted by molar-refractivity contribution is 9.10. The summed E-state index contributed by atoms with van der Waals surface area (Å²) in [6.07, 6.45) is 2.10. The summed E-state index contributed by atoms with van der Waals surface area (Å²) in [6, 6.07) is 12.9. The van der Waals surface area contributed by atoms with Gasteiger partial charge in [0.1, 0.15) is 5.82 Å². The molecule has 0 radical (unpaired) electrons. The minimum Gasteiger partial charge on any atom is -0.504 e. The summed E-state index contributed by atoms with van der Waals surface area (Å²) in [4.78, 5) is 12.4. The number of ether oxygens (including phenoxy) is 1. The van der Waals surface area contributed by atoms with E-state index in [4.69, 9.17) is 4.74 Å². The van der Waals surface area contributed by atoms with Crippen LogP contribution in [0.15, 0.2) is 53.1 Å². The van der Waals surface area contributed by atoms with E-state index in [0.717, 1.165) is 21.3 Å². The third kappa shape index (κ3) is 3.30. The molecule has 0 spiro atoms. The topological polar surface area (TPSA) is 76.4 Å². The number of aromatic hydroxyl groups is 1. The van der Waals surface area contributed by atoms with Crippen molar-refractivity contribution in [2.24, 2.45) is 0 Å². The zero-order valence-electron chi connectivity index (χ0n) is 14.6. The maximum atomic E-state index is 12.4. The fourth-order valence-electron chi connectivity index (χ4n) is 3.31. The predicted octanol–water partition coefficient (Wildman–Crippen LogP) is 4.21. The maximum absolute atomic E-state index is 12.4. The van der Waals surface area contributed by atoms with Crippen LogP contribution in [0.5, 0.6) is 11.5 Å². The van der Waals surface area contributed by atoms with Crippen LogP contribution in [0.25, 0.3) is 5.69 Å². The van der Waals surface area contributed by atoms with Gasteiger partial charge >= 0.3 is 0 Å². The van der Waals surface area contributed by atoms with Crippen LogP contribution < -0.4 is 10.1 Å². The third-order valence-corrected chi connectivity index (χ3v) is 5.11. The van der Waals surface area contributed by atoms with Crippen molar-refractivity contribution in [2.45, 2.75) is 19.3 Å². The van der Waals surface area contributed by atoms with Gasteiger partial charge < -0.3 is 15.2 Å². The second-order valence-corrected chi connectivity index (χ2v) is 7.22. The molecule has 1 aromatic heterocycles. The highest BCUT2D eigenvalue weighted by Crippen LogP contribution is 2.40. The highest BCUT2D eigenvalue weighted by Gasteiger charge is 2.30. The van der Waals surface area contributed by atoms with E-state index in [2.05, 4.69) is 26.3 Å². The molecule has 4 rings (SSSR count). The molecule has 0 fully saturated rings. The van der Waals surface area contributed by atoms with Crippen LogP contribution in [-0.4, -0.2) is 27.4 Å². The number of nitrogens with one attached hydrogen (secondary N) is 1. The zero-order chi connectivity index (χ0) is 19.0. The molecule has 0 unspecified atom stereocenters. The fraction of sp³-hybridized carbons (Fsp3) is 0.200. The largest absolute Gasteiger partial charge is 0.504 e. The van der Waals surface area contributed by atoms with Gasteiger partial charge in [0.05, 0.1) is 18.5 Å². The van der Waals surface area contributed by atoms with Crippen molar-refractivity contribution in [3.8, 4) is 17.2 Å². The Morgan fingerprint density at radius 1 is 1.30 bits per heavy atom. The number of phenols is 1. The smallest absolute Gasteiger partial charge is 0.226 e. The van der Waals surface area contributed by atoms with Crippen LogP contribution in [-0.2, 0) is 4.79 Å². The lowest BCUT2D eigenvalue weighted by Gasteiger charge is -2.24. The molecule has 6 nitrogen and oxygen atoms in total. The molecule has 0 aliphatic carbocycles. The zero-order valence-corrected chi connectivity index (χ0v) is 16.2. The van der Waals surface area contributed by atoms with Crippen molar-refractivity contribution in [1.29, 1.82) is 0 Å². The van der Waals surface area contributed by atoms with Crippen molar-refractivity contribution in [2.75, 3.05) is 11.9 Å². The molecule has 0 saturated carbocycles. The van der Waals surface area contributed by atoms with Crippen LogP contribution >= 0.6 is 15.9 Å². The molecule has 1 aliphatic heterocycles. The van der Waals surface area contributed by atoms with Gasteiger partial charge in [-0.25, -0.2) is 4.68 Å². The number of fused-ring (bicyclic) bond motifs is 1. The summed E-state index contributed by atoms with van der Waals surface area (Å²) in [6.45, 7) is 2.31. The normalized spacial score (nSPS) is 15.9. The first kappa shape index (κ1) is 17.6. The number of carbonyl (C=O) groups excluding carboxylic acids is 1. The first-order valence-corrected chi connectivity index (χ1v) is 9.45. The fourth-order valence-corrected chi connectivity index (χ4v) is 3.58. The van der Waals surface area contributed by atoms with E-state index in [-0.39, 0.29) is 17.6 Å². The number of hydrogen-bond acceptors (Lipinski definition) is 4. The summed E-state index contributed by atoms with van der Waals surface area (Å²) in [5, 5.41) is 17.4. The van der Waals surface area contributed by atoms with Crippen molar-refractivity contribution in [3.05, 3.63) is 64.3 Å². The predicted molar refractivity (Wildman–Crippen MR) is 106 cm³/mol. The van der Waals surface area contributed by atoms with E-state index in [1.807, 2.05) is 37.3 Å². The molecule has 138 valence electrons. The van der Waals surface area contributed by atoms with E-state index >= 15 is 0 Å². The van der Waals surface area contributed by atoms with Crippen molar-refractivity contribution >= 4 is 27.7 Å². The number of nitrogens with zero attached hydrogens (tertiary/aromatic N) is 2. The lowest BCUT2D eigenvalue weighted by atomic mass is 9.87. The number of benzene rings is 2. The number of amides is 1. The van der Waals surface area contributed by atoms with Gasteiger partial charge in [0.25, 0.3) is 0 Å². The number of anilines is 1. The number of aromatic nitrogens is 2. The SMILES string of the molecule is CCOc1cc([C@@H]2CC(=O)Nc3c2cnn3-c2ccc(Br)cc2)ccc1O. The Bertz CT molecular complexity index is 998. The number of rotatable bonds is 4. The molecule has 1 atom stereocenters. The van der Waals surface area contributed by atoms with Gasteiger partial charge in [0.2, 0.25) is 5.91 Å². The lowest BCUT2D eigenvalue weighted by Crippen LogP contribution is -2.24. The lowest BCUT2D eigenvalue weighted by molar-refractivity contribution is -0.116. The number of halogens is 1. The molecule has 2 N–H and O–H groups in total. The summed E-state index contributed by atoms with van der Waals surface area (Å²) in [5.41, 5.74) is 2.70. The molecule has 27 heavy (non-hydrogen) atoms.